The van der Waals surface area contributed by atoms with Crippen molar-refractivity contribution in [2.75, 3.05) is 73.4 Å². The standard InChI is InChI=1S/C20H32BN4O4P/c1-22(2)30(27,16-28-15-18-13-23(3)14-19(21)29-18)25-11-9-24(10-12-25)20(26)17-7-5-4-6-8-17/h4-8,18-19H,9-16H2,1-3H3. The van der Waals surface area contributed by atoms with Crippen molar-refractivity contribution < 1.29 is 18.8 Å². The van der Waals surface area contributed by atoms with Gasteiger partial charge >= 0.3 is 0 Å². The number of hydrogen-bond donors (Lipinski definition) is 0. The number of morpholine rings is 1. The van der Waals surface area contributed by atoms with Gasteiger partial charge in [0.1, 0.15) is 14.2 Å². The second-order valence-electron chi connectivity index (χ2n) is 8.14. The van der Waals surface area contributed by atoms with Crippen LogP contribution in [0.4, 0.5) is 0 Å². The molecule has 1 amide bonds. The van der Waals surface area contributed by atoms with Gasteiger partial charge in [-0.3, -0.25) is 9.36 Å². The Hall–Kier alpha value is -1.22. The Balaban J connectivity index is 1.53. The summed E-state index contributed by atoms with van der Waals surface area (Å²) in [5.74, 6) is 0.0149. The molecule has 3 unspecified atom stereocenters. The highest BCUT2D eigenvalue weighted by atomic mass is 31.2. The van der Waals surface area contributed by atoms with Crippen LogP contribution in [0.1, 0.15) is 10.4 Å². The van der Waals surface area contributed by atoms with E-state index < -0.39 is 7.44 Å². The molecule has 3 atom stereocenters. The highest BCUT2D eigenvalue weighted by Gasteiger charge is 2.37. The van der Waals surface area contributed by atoms with Gasteiger partial charge in [0.2, 0.25) is 7.44 Å². The Morgan fingerprint density at radius 3 is 2.47 bits per heavy atom. The number of piperazine rings is 1. The number of carbonyl (C=O) groups excluding carboxylic acids is 1. The summed E-state index contributed by atoms with van der Waals surface area (Å²) in [5, 5.41) is 0. The Morgan fingerprint density at radius 1 is 1.20 bits per heavy atom. The van der Waals surface area contributed by atoms with Crippen molar-refractivity contribution in [2.45, 2.75) is 12.1 Å². The first-order chi connectivity index (χ1) is 14.3. The number of likely N-dealkylation sites (N-methyl/N-ethyl adjacent to an activating group) is 1. The zero-order valence-corrected chi connectivity index (χ0v) is 19.0. The zero-order chi connectivity index (χ0) is 21.7. The molecule has 0 aromatic heterocycles. The van der Waals surface area contributed by atoms with Gasteiger partial charge in [0.05, 0.1) is 12.7 Å². The lowest BCUT2D eigenvalue weighted by Gasteiger charge is -2.41. The van der Waals surface area contributed by atoms with Crippen molar-refractivity contribution in [3.63, 3.8) is 0 Å². The molecule has 0 aliphatic carbocycles. The Kier molecular flexibility index (Phi) is 8.13. The molecule has 2 radical (unpaired) electrons. The van der Waals surface area contributed by atoms with Crippen molar-refractivity contribution in [2.24, 2.45) is 0 Å². The van der Waals surface area contributed by atoms with Gasteiger partial charge in [0.25, 0.3) is 5.91 Å². The first-order valence-corrected chi connectivity index (χ1v) is 12.1. The van der Waals surface area contributed by atoms with Crippen molar-refractivity contribution >= 4 is 21.2 Å². The molecule has 0 saturated carbocycles. The van der Waals surface area contributed by atoms with Gasteiger partial charge in [-0.25, -0.2) is 9.34 Å². The number of amides is 1. The third kappa shape index (κ3) is 5.72. The van der Waals surface area contributed by atoms with Crippen LogP contribution in [0.2, 0.25) is 0 Å². The van der Waals surface area contributed by atoms with Gasteiger partial charge in [-0.1, -0.05) is 18.2 Å². The molecule has 1 aromatic carbocycles. The van der Waals surface area contributed by atoms with Crippen LogP contribution in [0.15, 0.2) is 30.3 Å². The van der Waals surface area contributed by atoms with Crippen LogP contribution in [-0.4, -0.2) is 118 Å². The molecule has 0 bridgehead atoms. The number of carbonyl (C=O) groups is 1. The van der Waals surface area contributed by atoms with Gasteiger partial charge in [0.15, 0.2) is 0 Å². The Labute approximate surface area is 181 Å². The normalized spacial score (nSPS) is 25.9. The molecule has 2 heterocycles. The minimum Gasteiger partial charge on any atom is -0.380 e. The topological polar surface area (TPSA) is 65.6 Å². The quantitative estimate of drug-likeness (QED) is 0.469. The lowest BCUT2D eigenvalue weighted by atomic mass is 9.98. The molecule has 0 spiro atoms. The molecule has 30 heavy (non-hydrogen) atoms. The second-order valence-corrected chi connectivity index (χ2v) is 11.1. The lowest BCUT2D eigenvalue weighted by Crippen LogP contribution is -2.49. The highest BCUT2D eigenvalue weighted by Crippen LogP contribution is 2.51. The summed E-state index contributed by atoms with van der Waals surface area (Å²) in [7, 11) is 8.63. The minimum atomic E-state index is -2.89. The summed E-state index contributed by atoms with van der Waals surface area (Å²) in [6.07, 6.45) is -0.0134. The van der Waals surface area contributed by atoms with Crippen LogP contribution in [0.5, 0.6) is 0 Å². The molecule has 10 heteroatoms. The van der Waals surface area contributed by atoms with E-state index in [0.717, 1.165) is 6.54 Å². The fourth-order valence-electron chi connectivity index (χ4n) is 3.88. The second kappa shape index (κ2) is 10.4. The predicted octanol–water partition coefficient (Wildman–Crippen LogP) is 0.998. The summed E-state index contributed by atoms with van der Waals surface area (Å²) in [4.78, 5) is 16.6. The number of rotatable bonds is 7. The van der Waals surface area contributed by atoms with Crippen LogP contribution < -0.4 is 0 Å². The highest BCUT2D eigenvalue weighted by molar-refractivity contribution is 7.58. The monoisotopic (exact) mass is 434 g/mol. The molecular weight excluding hydrogens is 402 g/mol. The smallest absolute Gasteiger partial charge is 0.253 e. The van der Waals surface area contributed by atoms with Crippen molar-refractivity contribution in [3.8, 4) is 0 Å². The van der Waals surface area contributed by atoms with Gasteiger partial charge < -0.3 is 19.3 Å². The van der Waals surface area contributed by atoms with E-state index in [1.807, 2.05) is 61.0 Å². The third-order valence-electron chi connectivity index (χ3n) is 5.57. The molecule has 0 N–H and O–H groups in total. The van der Waals surface area contributed by atoms with E-state index >= 15 is 0 Å². The van der Waals surface area contributed by atoms with Gasteiger partial charge in [-0.15, -0.1) is 0 Å². The fraction of sp³-hybridized carbons (Fsp3) is 0.650. The van der Waals surface area contributed by atoms with E-state index in [2.05, 4.69) is 4.90 Å². The first-order valence-electron chi connectivity index (χ1n) is 10.3. The molecule has 2 fully saturated rings. The maximum atomic E-state index is 13.7. The molecule has 1 aromatic rings. The molecule has 3 rings (SSSR count). The maximum absolute atomic E-state index is 13.7. The van der Waals surface area contributed by atoms with Crippen LogP contribution in [0.25, 0.3) is 0 Å². The van der Waals surface area contributed by atoms with Crippen molar-refractivity contribution in [1.29, 1.82) is 0 Å². The Bertz CT molecular complexity index is 736. The van der Waals surface area contributed by atoms with Crippen molar-refractivity contribution in [3.05, 3.63) is 35.9 Å². The summed E-state index contributed by atoms with van der Waals surface area (Å²) < 4.78 is 29.0. The molecule has 2 aliphatic rings. The van der Waals surface area contributed by atoms with E-state index in [-0.39, 0.29) is 24.4 Å². The number of ether oxygens (including phenoxy) is 2. The van der Waals surface area contributed by atoms with E-state index in [4.69, 9.17) is 17.3 Å². The summed E-state index contributed by atoms with van der Waals surface area (Å²) >= 11 is 0. The number of hydrogen-bond acceptors (Lipinski definition) is 5. The maximum Gasteiger partial charge on any atom is 0.253 e. The van der Waals surface area contributed by atoms with E-state index in [0.29, 0.717) is 44.9 Å². The molecule has 164 valence electrons. The Morgan fingerprint density at radius 2 is 1.87 bits per heavy atom. The molecule has 2 aliphatic heterocycles. The summed E-state index contributed by atoms with van der Waals surface area (Å²) in [5.41, 5.74) is 0.681. The predicted molar refractivity (Wildman–Crippen MR) is 118 cm³/mol. The van der Waals surface area contributed by atoms with Gasteiger partial charge in [-0.05, 0) is 33.3 Å². The largest absolute Gasteiger partial charge is 0.380 e. The minimum absolute atomic E-state index is 0.0149. The molecular formula is C20H32BN4O4P. The fourth-order valence-corrected chi connectivity index (χ4v) is 5.93. The van der Waals surface area contributed by atoms with Crippen molar-refractivity contribution in [1.82, 2.24) is 19.1 Å². The average molecular weight is 434 g/mol. The van der Waals surface area contributed by atoms with Gasteiger partial charge in [0, 0.05) is 50.8 Å². The number of nitrogens with zero attached hydrogens (tertiary/aromatic N) is 4. The lowest BCUT2D eigenvalue weighted by molar-refractivity contribution is -0.0748. The van der Waals surface area contributed by atoms with E-state index in [1.165, 1.54) is 0 Å². The molecule has 8 nitrogen and oxygen atoms in total. The third-order valence-corrected chi connectivity index (χ3v) is 8.62. The van der Waals surface area contributed by atoms with Crippen LogP contribution >= 0.6 is 7.44 Å². The van der Waals surface area contributed by atoms with E-state index in [1.54, 1.807) is 4.67 Å². The zero-order valence-electron chi connectivity index (χ0n) is 18.1. The SMILES string of the molecule is [B]C1CN(C)CC(COCP(=O)(N(C)C)N2CCN(C(=O)c3ccccc3)CC2)O1. The van der Waals surface area contributed by atoms with Crippen LogP contribution in [0, 0.1) is 0 Å². The average Bonchev–Trinajstić information content (AvgIpc) is 2.73. The van der Waals surface area contributed by atoms with Gasteiger partial charge in [-0.2, -0.15) is 0 Å². The van der Waals surface area contributed by atoms with Crippen LogP contribution in [0.3, 0.4) is 0 Å². The molecule has 2 saturated heterocycles. The van der Waals surface area contributed by atoms with Crippen LogP contribution in [-0.2, 0) is 14.0 Å². The summed E-state index contributed by atoms with van der Waals surface area (Å²) in [6.45, 7) is 3.95. The number of benzene rings is 1. The summed E-state index contributed by atoms with van der Waals surface area (Å²) in [6, 6.07) is 8.94. The first kappa shape index (κ1) is 23.4. The van der Waals surface area contributed by atoms with E-state index in [9.17, 15) is 9.36 Å².